The monoisotopic (exact) mass is 515 g/mol. The molecule has 10 nitrogen and oxygen atoms in total. The molecule has 4 aromatic rings. The molecule has 1 atom stereocenters. The van der Waals surface area contributed by atoms with Crippen LogP contribution in [0.3, 0.4) is 0 Å². The molecule has 1 aliphatic carbocycles. The van der Waals surface area contributed by atoms with Gasteiger partial charge >= 0.3 is 0 Å². The van der Waals surface area contributed by atoms with Gasteiger partial charge < -0.3 is 19.4 Å². The molecule has 2 aliphatic rings. The first kappa shape index (κ1) is 24.4. The molecule has 1 saturated heterocycles. The van der Waals surface area contributed by atoms with Crippen LogP contribution in [0, 0.1) is 0 Å². The minimum Gasteiger partial charge on any atom is -0.497 e. The van der Waals surface area contributed by atoms with Crippen molar-refractivity contribution < 1.29 is 9.47 Å². The summed E-state index contributed by atoms with van der Waals surface area (Å²) >= 11 is 0. The SMILES string of the molecule is COc1ccc2[nH]c(=O)c([C@H](c3nnnn3C3CCCC3)N3CCN(c4ccccc4OC)CC3)cc2c1. The lowest BCUT2D eigenvalue weighted by Gasteiger charge is -2.40. The van der Waals surface area contributed by atoms with Gasteiger partial charge in [0.2, 0.25) is 0 Å². The number of hydrogen-bond donors (Lipinski definition) is 1. The van der Waals surface area contributed by atoms with Gasteiger partial charge in [0.15, 0.2) is 5.82 Å². The summed E-state index contributed by atoms with van der Waals surface area (Å²) in [6.45, 7) is 3.08. The summed E-state index contributed by atoms with van der Waals surface area (Å²) in [7, 11) is 3.35. The van der Waals surface area contributed by atoms with E-state index < -0.39 is 0 Å². The molecule has 1 saturated carbocycles. The number of pyridine rings is 1. The number of nitrogens with zero attached hydrogens (tertiary/aromatic N) is 6. The number of fused-ring (bicyclic) bond motifs is 1. The Morgan fingerprint density at radius 1 is 0.974 bits per heavy atom. The Bertz CT molecular complexity index is 1470. The van der Waals surface area contributed by atoms with Gasteiger partial charge in [0, 0.05) is 42.6 Å². The van der Waals surface area contributed by atoms with Gasteiger partial charge in [-0.05, 0) is 59.7 Å². The fraction of sp³-hybridized carbons (Fsp3) is 0.429. The highest BCUT2D eigenvalue weighted by Crippen LogP contribution is 2.35. The predicted molar refractivity (Wildman–Crippen MR) is 145 cm³/mol. The van der Waals surface area contributed by atoms with Gasteiger partial charge in [-0.15, -0.1) is 5.10 Å². The molecule has 6 rings (SSSR count). The van der Waals surface area contributed by atoms with Crippen LogP contribution in [0.15, 0.2) is 53.3 Å². The topological polar surface area (TPSA) is 101 Å². The third-order valence-corrected chi connectivity index (χ3v) is 7.91. The maximum atomic E-state index is 13.6. The second-order valence-corrected chi connectivity index (χ2v) is 10.0. The number of hydrogen-bond acceptors (Lipinski definition) is 8. The number of rotatable bonds is 7. The lowest BCUT2D eigenvalue weighted by Crippen LogP contribution is -2.49. The third kappa shape index (κ3) is 4.49. The first-order valence-corrected chi connectivity index (χ1v) is 13.3. The summed E-state index contributed by atoms with van der Waals surface area (Å²) in [5.74, 6) is 2.34. The number of benzene rings is 2. The molecule has 3 heterocycles. The third-order valence-electron chi connectivity index (χ3n) is 7.91. The first-order valence-electron chi connectivity index (χ1n) is 13.3. The molecule has 198 valence electrons. The van der Waals surface area contributed by atoms with Crippen molar-refractivity contribution in [2.75, 3.05) is 45.3 Å². The van der Waals surface area contributed by atoms with Crippen LogP contribution < -0.4 is 19.9 Å². The van der Waals surface area contributed by atoms with Crippen LogP contribution in [0.2, 0.25) is 0 Å². The number of H-pyrrole nitrogens is 1. The second-order valence-electron chi connectivity index (χ2n) is 10.0. The molecule has 2 aromatic carbocycles. The molecular formula is C28H33N7O3. The summed E-state index contributed by atoms with van der Waals surface area (Å²) in [4.78, 5) is 21.3. The zero-order valence-corrected chi connectivity index (χ0v) is 21.8. The average molecular weight is 516 g/mol. The van der Waals surface area contributed by atoms with E-state index in [-0.39, 0.29) is 17.6 Å². The van der Waals surface area contributed by atoms with Gasteiger partial charge in [0.1, 0.15) is 17.5 Å². The van der Waals surface area contributed by atoms with Crippen molar-refractivity contribution in [1.82, 2.24) is 30.1 Å². The highest BCUT2D eigenvalue weighted by Gasteiger charge is 2.35. The molecule has 1 aliphatic heterocycles. The zero-order chi connectivity index (χ0) is 26.1. The lowest BCUT2D eigenvalue weighted by atomic mass is 10.0. The first-order chi connectivity index (χ1) is 18.7. The van der Waals surface area contributed by atoms with Crippen LogP contribution in [0.4, 0.5) is 5.69 Å². The largest absolute Gasteiger partial charge is 0.497 e. The van der Waals surface area contributed by atoms with Crippen molar-refractivity contribution in [2.45, 2.75) is 37.8 Å². The second kappa shape index (κ2) is 10.4. The molecule has 0 spiro atoms. The quantitative estimate of drug-likeness (QED) is 0.399. The van der Waals surface area contributed by atoms with E-state index in [1.54, 1.807) is 14.2 Å². The summed E-state index contributed by atoms with van der Waals surface area (Å²) in [5, 5.41) is 13.9. The number of aromatic amines is 1. The maximum absolute atomic E-state index is 13.6. The fourth-order valence-electron chi connectivity index (χ4n) is 5.93. The van der Waals surface area contributed by atoms with Gasteiger partial charge in [-0.2, -0.15) is 0 Å². The van der Waals surface area contributed by atoms with Gasteiger partial charge in [-0.25, -0.2) is 4.68 Å². The van der Waals surface area contributed by atoms with E-state index in [0.29, 0.717) is 5.56 Å². The molecule has 38 heavy (non-hydrogen) atoms. The summed E-state index contributed by atoms with van der Waals surface area (Å²) < 4.78 is 13.0. The Morgan fingerprint density at radius 3 is 2.53 bits per heavy atom. The van der Waals surface area contributed by atoms with E-state index in [1.165, 1.54) is 12.8 Å². The normalized spacial score (nSPS) is 17.7. The Morgan fingerprint density at radius 2 is 1.76 bits per heavy atom. The van der Waals surface area contributed by atoms with E-state index in [1.807, 2.05) is 47.1 Å². The Balaban J connectivity index is 1.39. The standard InChI is InChI=1S/C28H33N7O3/c1-37-21-11-12-23-19(17-21)18-22(28(36)29-23)26(27-30-31-32-35(27)20-7-3-4-8-20)34-15-13-33(14-16-34)24-9-5-6-10-25(24)38-2/h5-6,9-12,17-18,20,26H,3-4,7-8,13-16H2,1-2H3,(H,29,36)/t26-/m1/s1. The predicted octanol–water partition coefficient (Wildman–Crippen LogP) is 3.56. The molecule has 0 radical (unpaired) electrons. The van der Waals surface area contributed by atoms with E-state index in [4.69, 9.17) is 9.47 Å². The highest BCUT2D eigenvalue weighted by atomic mass is 16.5. The minimum atomic E-state index is -0.371. The highest BCUT2D eigenvalue weighted by molar-refractivity contribution is 5.80. The molecule has 10 heteroatoms. The van der Waals surface area contributed by atoms with Crippen molar-refractivity contribution in [1.29, 1.82) is 0 Å². The fourth-order valence-corrected chi connectivity index (χ4v) is 5.93. The van der Waals surface area contributed by atoms with Crippen molar-refractivity contribution in [3.63, 3.8) is 0 Å². The molecule has 2 aromatic heterocycles. The smallest absolute Gasteiger partial charge is 0.253 e. The van der Waals surface area contributed by atoms with Crippen LogP contribution in [-0.4, -0.2) is 70.5 Å². The van der Waals surface area contributed by atoms with Crippen LogP contribution >= 0.6 is 0 Å². The Labute approximate surface area is 221 Å². The molecular weight excluding hydrogens is 482 g/mol. The van der Waals surface area contributed by atoms with E-state index in [0.717, 1.165) is 72.9 Å². The molecule has 0 bridgehead atoms. The lowest BCUT2D eigenvalue weighted by molar-refractivity contribution is 0.196. The van der Waals surface area contributed by atoms with Crippen molar-refractivity contribution >= 4 is 16.6 Å². The molecule has 1 N–H and O–H groups in total. The maximum Gasteiger partial charge on any atom is 0.253 e. The Hall–Kier alpha value is -3.92. The van der Waals surface area contributed by atoms with E-state index in [2.05, 4.69) is 36.4 Å². The van der Waals surface area contributed by atoms with Gasteiger partial charge in [0.25, 0.3) is 5.56 Å². The molecule has 0 amide bonds. The number of tetrazole rings is 1. The van der Waals surface area contributed by atoms with Crippen LogP contribution in [0.1, 0.15) is 49.2 Å². The number of ether oxygens (including phenoxy) is 2. The van der Waals surface area contributed by atoms with Crippen LogP contribution in [0.25, 0.3) is 10.9 Å². The number of nitrogens with one attached hydrogen (secondary N) is 1. The number of anilines is 1. The molecule has 0 unspecified atom stereocenters. The van der Waals surface area contributed by atoms with Crippen LogP contribution in [0.5, 0.6) is 11.5 Å². The van der Waals surface area contributed by atoms with Gasteiger partial charge in [0.05, 0.1) is 25.9 Å². The van der Waals surface area contributed by atoms with Gasteiger partial charge in [-0.3, -0.25) is 9.69 Å². The zero-order valence-electron chi connectivity index (χ0n) is 21.8. The van der Waals surface area contributed by atoms with Crippen molar-refractivity contribution in [2.24, 2.45) is 0 Å². The average Bonchev–Trinajstić information content (AvgIpc) is 3.66. The number of para-hydroxylation sites is 2. The van der Waals surface area contributed by atoms with Gasteiger partial charge in [-0.1, -0.05) is 25.0 Å². The van der Waals surface area contributed by atoms with Crippen LogP contribution in [-0.2, 0) is 0 Å². The summed E-state index contributed by atoms with van der Waals surface area (Å²) in [6.07, 6.45) is 4.44. The van der Waals surface area contributed by atoms with E-state index >= 15 is 0 Å². The van der Waals surface area contributed by atoms with Crippen molar-refractivity contribution in [3.05, 3.63) is 70.3 Å². The van der Waals surface area contributed by atoms with Crippen molar-refractivity contribution in [3.8, 4) is 11.5 Å². The molecule has 2 fully saturated rings. The minimum absolute atomic E-state index is 0.124. The number of methoxy groups -OCH3 is 2. The number of aromatic nitrogens is 5. The number of piperazine rings is 1. The summed E-state index contributed by atoms with van der Waals surface area (Å²) in [6, 6.07) is 15.6. The summed E-state index contributed by atoms with van der Waals surface area (Å²) in [5.41, 5.74) is 2.37. The van der Waals surface area contributed by atoms with E-state index in [9.17, 15) is 4.79 Å². The Kier molecular flexibility index (Phi) is 6.71.